The largest absolute Gasteiger partial charge is 0.481 e. The summed E-state index contributed by atoms with van der Waals surface area (Å²) in [5.74, 6) is -1.38. The van der Waals surface area contributed by atoms with Crippen LogP contribution in [0.25, 0.3) is 0 Å². The number of nitrogens with one attached hydrogen (secondary N) is 1. The lowest BCUT2D eigenvalue weighted by Gasteiger charge is -2.18. The standard InChI is InChI=1S/C11H19NO4/c1-7(16-2)6-10(13)12-9-5-3-4-8(9)11(14)15/h7-9H,3-6H2,1-2H3,(H,12,13)(H,14,15). The van der Waals surface area contributed by atoms with Crippen molar-refractivity contribution >= 4 is 11.9 Å². The summed E-state index contributed by atoms with van der Waals surface area (Å²) in [6.07, 6.45) is 2.41. The maximum atomic E-state index is 11.6. The lowest BCUT2D eigenvalue weighted by molar-refractivity contribution is -0.142. The topological polar surface area (TPSA) is 75.6 Å². The molecule has 3 atom stereocenters. The predicted molar refractivity (Wildman–Crippen MR) is 58.0 cm³/mol. The van der Waals surface area contributed by atoms with Gasteiger partial charge in [0.2, 0.25) is 5.91 Å². The van der Waals surface area contributed by atoms with Crippen LogP contribution in [0.5, 0.6) is 0 Å². The Bertz CT molecular complexity index is 267. The molecule has 1 rings (SSSR count). The van der Waals surface area contributed by atoms with Crippen molar-refractivity contribution in [2.24, 2.45) is 5.92 Å². The van der Waals surface area contributed by atoms with Crippen LogP contribution in [0.1, 0.15) is 32.6 Å². The molecule has 1 aliphatic rings. The molecule has 5 nitrogen and oxygen atoms in total. The average Bonchev–Trinajstić information content (AvgIpc) is 2.65. The van der Waals surface area contributed by atoms with Crippen LogP contribution in [0.3, 0.4) is 0 Å². The molecule has 2 N–H and O–H groups in total. The minimum absolute atomic E-state index is 0.132. The van der Waals surface area contributed by atoms with E-state index in [-0.39, 0.29) is 24.5 Å². The number of hydrogen-bond donors (Lipinski definition) is 2. The highest BCUT2D eigenvalue weighted by atomic mass is 16.5. The summed E-state index contributed by atoms with van der Waals surface area (Å²) >= 11 is 0. The van der Waals surface area contributed by atoms with Crippen LogP contribution in [0, 0.1) is 5.92 Å². The molecule has 0 aromatic heterocycles. The molecular formula is C11H19NO4. The van der Waals surface area contributed by atoms with Crippen molar-refractivity contribution in [2.45, 2.75) is 44.8 Å². The van der Waals surface area contributed by atoms with Gasteiger partial charge in [-0.2, -0.15) is 0 Å². The molecule has 3 unspecified atom stereocenters. The van der Waals surface area contributed by atoms with E-state index in [2.05, 4.69) is 5.32 Å². The van der Waals surface area contributed by atoms with Gasteiger partial charge in [-0.25, -0.2) is 0 Å². The van der Waals surface area contributed by atoms with Crippen LogP contribution in [0.4, 0.5) is 0 Å². The summed E-state index contributed by atoms with van der Waals surface area (Å²) in [4.78, 5) is 22.4. The van der Waals surface area contributed by atoms with Gasteiger partial charge in [0.25, 0.3) is 0 Å². The first-order valence-electron chi connectivity index (χ1n) is 5.59. The summed E-state index contributed by atoms with van der Waals surface area (Å²) in [5.41, 5.74) is 0. The van der Waals surface area contributed by atoms with Gasteiger partial charge in [-0.05, 0) is 19.8 Å². The first-order chi connectivity index (χ1) is 7.54. The van der Waals surface area contributed by atoms with E-state index in [1.54, 1.807) is 7.11 Å². The van der Waals surface area contributed by atoms with Gasteiger partial charge in [0, 0.05) is 13.2 Å². The number of aliphatic carboxylic acids is 1. The molecule has 0 radical (unpaired) electrons. The smallest absolute Gasteiger partial charge is 0.308 e. The third-order valence-corrected chi connectivity index (χ3v) is 3.05. The van der Waals surface area contributed by atoms with Gasteiger partial charge in [-0.3, -0.25) is 9.59 Å². The Hall–Kier alpha value is -1.10. The van der Waals surface area contributed by atoms with E-state index in [4.69, 9.17) is 9.84 Å². The van der Waals surface area contributed by atoms with Crippen LogP contribution >= 0.6 is 0 Å². The first kappa shape index (κ1) is 13.0. The fourth-order valence-electron chi connectivity index (χ4n) is 2.04. The van der Waals surface area contributed by atoms with E-state index in [0.29, 0.717) is 6.42 Å². The highest BCUT2D eigenvalue weighted by Gasteiger charge is 2.33. The molecular weight excluding hydrogens is 210 g/mol. The van der Waals surface area contributed by atoms with E-state index in [0.717, 1.165) is 12.8 Å². The molecule has 0 bridgehead atoms. The second kappa shape index (κ2) is 5.84. The summed E-state index contributed by atoms with van der Waals surface area (Å²) < 4.78 is 4.98. The van der Waals surface area contributed by atoms with Crippen molar-refractivity contribution in [1.82, 2.24) is 5.32 Å². The van der Waals surface area contributed by atoms with Gasteiger partial charge in [-0.1, -0.05) is 6.42 Å². The minimum atomic E-state index is -0.817. The molecule has 1 amide bonds. The molecule has 1 saturated carbocycles. The number of carbonyl (C=O) groups is 2. The van der Waals surface area contributed by atoms with Crippen LogP contribution in [0.15, 0.2) is 0 Å². The van der Waals surface area contributed by atoms with E-state index >= 15 is 0 Å². The fourth-order valence-corrected chi connectivity index (χ4v) is 2.04. The fraction of sp³-hybridized carbons (Fsp3) is 0.818. The van der Waals surface area contributed by atoms with Crippen molar-refractivity contribution in [3.05, 3.63) is 0 Å². The average molecular weight is 229 g/mol. The number of carbonyl (C=O) groups excluding carboxylic acids is 1. The zero-order valence-electron chi connectivity index (χ0n) is 9.73. The Morgan fingerprint density at radius 1 is 1.50 bits per heavy atom. The van der Waals surface area contributed by atoms with E-state index in [9.17, 15) is 9.59 Å². The molecule has 5 heteroatoms. The number of rotatable bonds is 5. The Morgan fingerprint density at radius 2 is 2.19 bits per heavy atom. The van der Waals surface area contributed by atoms with Crippen molar-refractivity contribution in [2.75, 3.05) is 7.11 Å². The van der Waals surface area contributed by atoms with E-state index < -0.39 is 11.9 Å². The molecule has 0 spiro atoms. The van der Waals surface area contributed by atoms with Gasteiger partial charge in [0.1, 0.15) is 0 Å². The number of carboxylic acids is 1. The highest BCUT2D eigenvalue weighted by Crippen LogP contribution is 2.25. The Morgan fingerprint density at radius 3 is 2.75 bits per heavy atom. The van der Waals surface area contributed by atoms with Crippen molar-refractivity contribution in [1.29, 1.82) is 0 Å². The number of ether oxygens (including phenoxy) is 1. The minimum Gasteiger partial charge on any atom is -0.481 e. The molecule has 1 fully saturated rings. The van der Waals surface area contributed by atoms with Gasteiger partial charge < -0.3 is 15.2 Å². The molecule has 0 aromatic rings. The number of amides is 1. The predicted octanol–water partition coefficient (Wildman–Crippen LogP) is 0.781. The van der Waals surface area contributed by atoms with Gasteiger partial charge in [0.05, 0.1) is 18.4 Å². The lowest BCUT2D eigenvalue weighted by atomic mass is 10.0. The van der Waals surface area contributed by atoms with Gasteiger partial charge >= 0.3 is 5.97 Å². The van der Waals surface area contributed by atoms with Crippen LogP contribution < -0.4 is 5.32 Å². The summed E-state index contributed by atoms with van der Waals surface area (Å²) in [7, 11) is 1.55. The molecule has 1 aliphatic carbocycles. The second-order valence-electron chi connectivity index (χ2n) is 4.30. The summed E-state index contributed by atoms with van der Waals surface area (Å²) in [6.45, 7) is 1.81. The number of hydrogen-bond acceptors (Lipinski definition) is 3. The van der Waals surface area contributed by atoms with Crippen LogP contribution in [-0.2, 0) is 14.3 Å². The molecule has 0 aliphatic heterocycles. The van der Waals surface area contributed by atoms with Gasteiger partial charge in [0.15, 0.2) is 0 Å². The van der Waals surface area contributed by atoms with Crippen molar-refractivity contribution < 1.29 is 19.4 Å². The maximum absolute atomic E-state index is 11.6. The Kier molecular flexibility index (Phi) is 4.73. The number of methoxy groups -OCH3 is 1. The van der Waals surface area contributed by atoms with Gasteiger partial charge in [-0.15, -0.1) is 0 Å². The summed E-state index contributed by atoms with van der Waals surface area (Å²) in [6, 6.07) is -0.214. The Balaban J connectivity index is 2.41. The summed E-state index contributed by atoms with van der Waals surface area (Å²) in [5, 5.41) is 11.7. The van der Waals surface area contributed by atoms with E-state index in [1.165, 1.54) is 0 Å². The zero-order chi connectivity index (χ0) is 12.1. The third-order valence-electron chi connectivity index (χ3n) is 3.05. The van der Waals surface area contributed by atoms with Crippen molar-refractivity contribution in [3.8, 4) is 0 Å². The normalized spacial score (nSPS) is 26.4. The number of carboxylic acid groups (broad SMARTS) is 1. The monoisotopic (exact) mass is 229 g/mol. The molecule has 0 heterocycles. The molecule has 92 valence electrons. The van der Waals surface area contributed by atoms with Crippen LogP contribution in [-0.4, -0.2) is 36.2 Å². The van der Waals surface area contributed by atoms with Crippen LogP contribution in [0.2, 0.25) is 0 Å². The van der Waals surface area contributed by atoms with Crippen molar-refractivity contribution in [3.63, 3.8) is 0 Å². The second-order valence-corrected chi connectivity index (χ2v) is 4.30. The SMILES string of the molecule is COC(C)CC(=O)NC1CCCC1C(=O)O. The van der Waals surface area contributed by atoms with E-state index in [1.807, 2.05) is 6.92 Å². The third kappa shape index (κ3) is 3.48. The highest BCUT2D eigenvalue weighted by molar-refractivity contribution is 5.78. The lowest BCUT2D eigenvalue weighted by Crippen LogP contribution is -2.41. The maximum Gasteiger partial charge on any atom is 0.308 e. The Labute approximate surface area is 95.2 Å². The molecule has 16 heavy (non-hydrogen) atoms. The zero-order valence-corrected chi connectivity index (χ0v) is 9.73. The quantitative estimate of drug-likeness (QED) is 0.730. The molecule has 0 aromatic carbocycles. The first-order valence-corrected chi connectivity index (χ1v) is 5.59. The molecule has 0 saturated heterocycles.